The topological polar surface area (TPSA) is 91.5 Å². The monoisotopic (exact) mass is 412 g/mol. The van der Waals surface area contributed by atoms with Crippen LogP contribution < -0.4 is 4.74 Å². The second-order valence-corrected chi connectivity index (χ2v) is 7.04. The summed E-state index contributed by atoms with van der Waals surface area (Å²) in [5.74, 6) is -0.143. The van der Waals surface area contributed by atoms with Crippen molar-refractivity contribution in [1.29, 1.82) is 0 Å². The quantitative estimate of drug-likeness (QED) is 0.362. The minimum Gasteiger partial charge on any atom is -0.454 e. The van der Waals surface area contributed by atoms with Gasteiger partial charge in [0, 0.05) is 12.0 Å². The van der Waals surface area contributed by atoms with Gasteiger partial charge >= 0.3 is 11.9 Å². The Morgan fingerprint density at radius 1 is 1.00 bits per heavy atom. The van der Waals surface area contributed by atoms with Gasteiger partial charge in [0.1, 0.15) is 11.9 Å². The maximum absolute atomic E-state index is 12.7. The molecule has 7 heteroatoms. The van der Waals surface area contributed by atoms with Gasteiger partial charge in [0.15, 0.2) is 0 Å². The molecule has 0 saturated heterocycles. The summed E-state index contributed by atoms with van der Waals surface area (Å²) in [7, 11) is 0. The molecule has 0 bridgehead atoms. The highest BCUT2D eigenvalue weighted by Gasteiger charge is 2.28. The van der Waals surface area contributed by atoms with Crippen LogP contribution in [0.1, 0.15) is 37.9 Å². The second kappa shape index (κ2) is 7.87. The Bertz CT molecular complexity index is 1230. The zero-order valence-electron chi connectivity index (χ0n) is 16.2. The van der Waals surface area contributed by atoms with Crippen molar-refractivity contribution in [1.82, 2.24) is 10.2 Å². The van der Waals surface area contributed by atoms with Gasteiger partial charge in [0.2, 0.25) is 12.3 Å². The van der Waals surface area contributed by atoms with Crippen LogP contribution in [-0.4, -0.2) is 22.1 Å². The molecule has 0 N–H and O–H groups in total. The average Bonchev–Trinajstić information content (AvgIpc) is 3.35. The number of carbonyl (C=O) groups is 2. The first-order valence-corrected chi connectivity index (χ1v) is 9.65. The molecule has 1 aliphatic heterocycles. The van der Waals surface area contributed by atoms with E-state index in [2.05, 4.69) is 10.2 Å². The number of hydrogen-bond acceptors (Lipinski definition) is 7. The van der Waals surface area contributed by atoms with Gasteiger partial charge in [-0.25, -0.2) is 9.59 Å². The van der Waals surface area contributed by atoms with Crippen molar-refractivity contribution in [3.63, 3.8) is 0 Å². The molecule has 7 nitrogen and oxygen atoms in total. The highest BCUT2D eigenvalue weighted by Crippen LogP contribution is 2.31. The summed E-state index contributed by atoms with van der Waals surface area (Å²) in [6.45, 7) is 0. The molecule has 2 heterocycles. The predicted octanol–water partition coefficient (Wildman–Crippen LogP) is 4.41. The minimum atomic E-state index is -0.511. The molecule has 0 amide bonds. The first-order valence-electron chi connectivity index (χ1n) is 9.65. The van der Waals surface area contributed by atoms with Crippen molar-refractivity contribution < 1.29 is 23.5 Å². The van der Waals surface area contributed by atoms with Crippen LogP contribution in [0, 0.1) is 0 Å². The van der Waals surface area contributed by atoms with Gasteiger partial charge in [-0.3, -0.25) is 0 Å². The summed E-state index contributed by atoms with van der Waals surface area (Å²) in [6.07, 6.45) is 1.35. The number of esters is 2. The third kappa shape index (κ3) is 3.81. The van der Waals surface area contributed by atoms with Crippen LogP contribution >= 0.6 is 0 Å². The Morgan fingerprint density at radius 3 is 2.55 bits per heavy atom. The Kier molecular flexibility index (Phi) is 4.76. The highest BCUT2D eigenvalue weighted by molar-refractivity contribution is 5.96. The Hall–Kier alpha value is -4.26. The van der Waals surface area contributed by atoms with Gasteiger partial charge in [-0.1, -0.05) is 30.3 Å². The van der Waals surface area contributed by atoms with E-state index in [0.29, 0.717) is 29.2 Å². The number of nitrogens with zero attached hydrogens (tertiary/aromatic N) is 2. The van der Waals surface area contributed by atoms with Gasteiger partial charge in [-0.05, 0) is 53.6 Å². The van der Waals surface area contributed by atoms with Crippen LogP contribution in [0.15, 0.2) is 83.6 Å². The van der Waals surface area contributed by atoms with Crippen molar-refractivity contribution in [3.05, 3.63) is 101 Å². The molecule has 0 unspecified atom stereocenters. The maximum Gasteiger partial charge on any atom is 0.343 e. The average molecular weight is 412 g/mol. The molecule has 0 spiro atoms. The van der Waals surface area contributed by atoms with Crippen molar-refractivity contribution in [2.45, 2.75) is 12.5 Å². The molecule has 5 rings (SSSR count). The highest BCUT2D eigenvalue weighted by atomic mass is 16.5. The van der Waals surface area contributed by atoms with E-state index in [1.54, 1.807) is 42.5 Å². The first kappa shape index (κ1) is 18.7. The molecule has 1 aromatic heterocycles. The SMILES string of the molecule is O=C(Oc1ccc(-c2nnco2)cc1)c1ccc2c(c1)C[C@H](c1ccccc1)OC2=O. The molecule has 152 valence electrons. The number of rotatable bonds is 4. The summed E-state index contributed by atoms with van der Waals surface area (Å²) in [5, 5.41) is 7.48. The van der Waals surface area contributed by atoms with E-state index >= 15 is 0 Å². The van der Waals surface area contributed by atoms with E-state index in [4.69, 9.17) is 13.9 Å². The first-order chi connectivity index (χ1) is 15.2. The smallest absolute Gasteiger partial charge is 0.343 e. The van der Waals surface area contributed by atoms with Crippen LogP contribution in [-0.2, 0) is 11.2 Å². The number of hydrogen-bond donors (Lipinski definition) is 0. The second-order valence-electron chi connectivity index (χ2n) is 7.04. The predicted molar refractivity (Wildman–Crippen MR) is 109 cm³/mol. The molecule has 1 atom stereocenters. The summed E-state index contributed by atoms with van der Waals surface area (Å²) >= 11 is 0. The number of aromatic nitrogens is 2. The Morgan fingerprint density at radius 2 is 1.81 bits per heavy atom. The van der Waals surface area contributed by atoms with E-state index in [-0.39, 0.29) is 6.10 Å². The standard InChI is InChI=1S/C24H16N2O5/c27-23(30-19-9-6-16(7-10-19)22-26-25-14-29-22)17-8-11-20-18(12-17)13-21(31-24(20)28)15-4-2-1-3-5-15/h1-12,14,21H,13H2/t21-/m1/s1. The van der Waals surface area contributed by atoms with E-state index in [1.807, 2.05) is 30.3 Å². The summed E-state index contributed by atoms with van der Waals surface area (Å²) < 4.78 is 16.2. The van der Waals surface area contributed by atoms with Gasteiger partial charge in [-0.2, -0.15) is 0 Å². The van der Waals surface area contributed by atoms with E-state index < -0.39 is 11.9 Å². The molecule has 1 aliphatic rings. The van der Waals surface area contributed by atoms with E-state index in [1.165, 1.54) is 6.39 Å². The Balaban J connectivity index is 1.34. The van der Waals surface area contributed by atoms with Crippen LogP contribution in [0.4, 0.5) is 0 Å². The molecule has 31 heavy (non-hydrogen) atoms. The van der Waals surface area contributed by atoms with Crippen LogP contribution in [0.5, 0.6) is 5.75 Å². The molecule has 0 saturated carbocycles. The number of carbonyl (C=O) groups excluding carboxylic acids is 2. The van der Waals surface area contributed by atoms with Crippen LogP contribution in [0.2, 0.25) is 0 Å². The van der Waals surface area contributed by atoms with Crippen LogP contribution in [0.25, 0.3) is 11.5 Å². The molecular weight excluding hydrogens is 396 g/mol. The third-order valence-electron chi connectivity index (χ3n) is 5.06. The van der Waals surface area contributed by atoms with Crippen molar-refractivity contribution in [2.75, 3.05) is 0 Å². The molecular formula is C24H16N2O5. The molecule has 4 aromatic rings. The maximum atomic E-state index is 12.7. The molecule has 0 fully saturated rings. The fraction of sp³-hybridized carbons (Fsp3) is 0.0833. The Labute approximate surface area is 177 Å². The molecule has 0 radical (unpaired) electrons. The van der Waals surface area contributed by atoms with Crippen molar-refractivity contribution >= 4 is 11.9 Å². The number of cyclic esters (lactones) is 1. The number of ether oxygens (including phenoxy) is 2. The van der Waals surface area contributed by atoms with Gasteiger partial charge in [0.05, 0.1) is 11.1 Å². The fourth-order valence-electron chi connectivity index (χ4n) is 3.51. The summed E-state index contributed by atoms with van der Waals surface area (Å²) in [5.41, 5.74) is 3.22. The lowest BCUT2D eigenvalue weighted by molar-refractivity contribution is 0.0252. The lowest BCUT2D eigenvalue weighted by Crippen LogP contribution is -2.22. The van der Waals surface area contributed by atoms with Crippen molar-refractivity contribution in [2.24, 2.45) is 0 Å². The zero-order valence-corrected chi connectivity index (χ0v) is 16.2. The van der Waals surface area contributed by atoms with E-state index in [9.17, 15) is 9.59 Å². The number of fused-ring (bicyclic) bond motifs is 1. The van der Waals surface area contributed by atoms with Gasteiger partial charge in [-0.15, -0.1) is 10.2 Å². The lowest BCUT2D eigenvalue weighted by atomic mass is 9.93. The normalized spacial score (nSPS) is 15.1. The number of benzene rings is 3. The summed E-state index contributed by atoms with van der Waals surface area (Å²) in [6, 6.07) is 21.2. The van der Waals surface area contributed by atoms with E-state index in [0.717, 1.165) is 16.7 Å². The van der Waals surface area contributed by atoms with Gasteiger partial charge in [0.25, 0.3) is 0 Å². The lowest BCUT2D eigenvalue weighted by Gasteiger charge is -2.25. The van der Waals surface area contributed by atoms with Gasteiger partial charge < -0.3 is 13.9 Å². The fourth-order valence-corrected chi connectivity index (χ4v) is 3.51. The third-order valence-corrected chi connectivity index (χ3v) is 5.06. The largest absolute Gasteiger partial charge is 0.454 e. The molecule has 0 aliphatic carbocycles. The van der Waals surface area contributed by atoms with Crippen LogP contribution in [0.3, 0.4) is 0 Å². The molecule has 3 aromatic carbocycles. The van der Waals surface area contributed by atoms with Crippen molar-refractivity contribution in [3.8, 4) is 17.2 Å². The summed E-state index contributed by atoms with van der Waals surface area (Å²) in [4.78, 5) is 25.1. The zero-order chi connectivity index (χ0) is 21.2. The minimum absolute atomic E-state index is 0.362.